The quantitative estimate of drug-likeness (QED) is 0.325. The number of alkyl halides is 3. The van der Waals surface area contributed by atoms with E-state index in [1.807, 2.05) is 0 Å². The summed E-state index contributed by atoms with van der Waals surface area (Å²) in [6.45, 7) is 0.0637. The summed E-state index contributed by atoms with van der Waals surface area (Å²) in [6, 6.07) is 8.27. The number of nitrogens with zero attached hydrogens (tertiary/aromatic N) is 4. The number of carbonyl (C=O) groups excluding carboxylic acids is 2. The van der Waals surface area contributed by atoms with Crippen LogP contribution in [0.2, 0.25) is 0 Å². The summed E-state index contributed by atoms with van der Waals surface area (Å²) >= 11 is 0. The third kappa shape index (κ3) is 6.13. The third-order valence-electron chi connectivity index (χ3n) is 7.58. The van der Waals surface area contributed by atoms with Crippen LogP contribution < -0.4 is 35.9 Å². The van der Waals surface area contributed by atoms with Gasteiger partial charge in [-0.3, -0.25) is 14.4 Å². The van der Waals surface area contributed by atoms with Crippen LogP contribution >= 0.6 is 0 Å². The molecule has 5 rings (SSSR count). The number of methoxy groups -OCH3 is 2. The number of ether oxygens (including phenoxy) is 2. The van der Waals surface area contributed by atoms with Crippen molar-refractivity contribution in [3.8, 4) is 28.4 Å². The number of rotatable bonds is 9. The average molecular weight is 617 g/mol. The number of amides is 2. The van der Waals surface area contributed by atoms with Gasteiger partial charge in [0.1, 0.15) is 17.2 Å². The van der Waals surface area contributed by atoms with Crippen LogP contribution in [0.25, 0.3) is 16.9 Å². The summed E-state index contributed by atoms with van der Waals surface area (Å²) in [7, 11) is 2.89. The molecule has 0 unspecified atom stereocenters. The van der Waals surface area contributed by atoms with Crippen molar-refractivity contribution >= 4 is 23.2 Å². The van der Waals surface area contributed by atoms with Crippen molar-refractivity contribution in [2.75, 3.05) is 56.7 Å². The lowest BCUT2D eigenvalue weighted by molar-refractivity contribution is -0.137. The highest BCUT2D eigenvalue weighted by Gasteiger charge is 2.37. The molecule has 0 saturated carbocycles. The molecule has 1 saturated heterocycles. The molecule has 2 aliphatic heterocycles. The van der Waals surface area contributed by atoms with Gasteiger partial charge in [0, 0.05) is 42.5 Å². The van der Waals surface area contributed by atoms with E-state index in [2.05, 4.69) is 10.4 Å². The standard InChI is InChI=1S/C29H31F3N6O6/c1-43-19-9-16(10-20(12-19)44-2)26-21-6-8-37(15-25(41)34-13-24(33)40)27(21)28(42)38(35-26)23-11-17(36-7-5-18(39)14-36)3-4-22(23)29(30,31)32/h3-4,9-12,18,39H,5-8,13-15H2,1-2H3,(H2,33,40)(H,34,41)/t18-/m0/s1. The molecule has 3 heterocycles. The summed E-state index contributed by atoms with van der Waals surface area (Å²) in [5, 5.41) is 16.9. The fraction of sp³-hybridized carbons (Fsp3) is 0.379. The summed E-state index contributed by atoms with van der Waals surface area (Å²) in [4.78, 5) is 41.0. The molecule has 0 bridgehead atoms. The van der Waals surface area contributed by atoms with Gasteiger partial charge < -0.3 is 35.4 Å². The smallest absolute Gasteiger partial charge is 0.418 e. The number of nitrogens with one attached hydrogen (secondary N) is 1. The van der Waals surface area contributed by atoms with Gasteiger partial charge in [-0.1, -0.05) is 0 Å². The van der Waals surface area contributed by atoms with Crippen LogP contribution in [0.4, 0.5) is 24.5 Å². The van der Waals surface area contributed by atoms with Gasteiger partial charge in [0.05, 0.1) is 50.4 Å². The van der Waals surface area contributed by atoms with Gasteiger partial charge in [-0.25, -0.2) is 0 Å². The van der Waals surface area contributed by atoms with Crippen LogP contribution in [-0.2, 0) is 22.2 Å². The van der Waals surface area contributed by atoms with E-state index in [4.69, 9.17) is 15.2 Å². The first-order chi connectivity index (χ1) is 20.9. The Labute approximate surface area is 249 Å². The van der Waals surface area contributed by atoms with E-state index >= 15 is 0 Å². The molecule has 2 amide bonds. The van der Waals surface area contributed by atoms with Crippen LogP contribution in [-0.4, -0.2) is 79.7 Å². The van der Waals surface area contributed by atoms with Gasteiger partial charge in [-0.05, 0) is 43.2 Å². The largest absolute Gasteiger partial charge is 0.497 e. The van der Waals surface area contributed by atoms with Crippen LogP contribution in [0, 0.1) is 0 Å². The monoisotopic (exact) mass is 616 g/mol. The van der Waals surface area contributed by atoms with Crippen molar-refractivity contribution in [1.29, 1.82) is 0 Å². The van der Waals surface area contributed by atoms with Crippen molar-refractivity contribution in [1.82, 2.24) is 15.1 Å². The van der Waals surface area contributed by atoms with Gasteiger partial charge in [-0.15, -0.1) is 0 Å². The fourth-order valence-corrected chi connectivity index (χ4v) is 5.49. The lowest BCUT2D eigenvalue weighted by Crippen LogP contribution is -2.42. The molecule has 0 radical (unpaired) electrons. The van der Waals surface area contributed by atoms with E-state index in [0.717, 1.165) is 6.07 Å². The molecule has 234 valence electrons. The Hall–Kier alpha value is -4.79. The molecule has 1 fully saturated rings. The Morgan fingerprint density at radius 2 is 1.82 bits per heavy atom. The number of halogens is 3. The molecular formula is C29H31F3N6O6. The van der Waals surface area contributed by atoms with E-state index in [9.17, 15) is 32.7 Å². The van der Waals surface area contributed by atoms with Crippen LogP contribution in [0.3, 0.4) is 0 Å². The zero-order chi connectivity index (χ0) is 31.8. The minimum Gasteiger partial charge on any atom is -0.497 e. The Kier molecular flexibility index (Phi) is 8.41. The van der Waals surface area contributed by atoms with Gasteiger partial charge in [0.25, 0.3) is 5.56 Å². The molecule has 12 nitrogen and oxygen atoms in total. The maximum Gasteiger partial charge on any atom is 0.418 e. The van der Waals surface area contributed by atoms with Crippen molar-refractivity contribution in [2.45, 2.75) is 25.1 Å². The van der Waals surface area contributed by atoms with Crippen molar-refractivity contribution in [3.63, 3.8) is 0 Å². The number of anilines is 2. The normalized spacial score (nSPS) is 16.2. The van der Waals surface area contributed by atoms with Crippen molar-refractivity contribution < 1.29 is 37.3 Å². The Balaban J connectivity index is 1.74. The number of nitrogens with two attached hydrogens (primary N) is 1. The summed E-state index contributed by atoms with van der Waals surface area (Å²) in [5.74, 6) is -0.585. The minimum absolute atomic E-state index is 0.00105. The summed E-state index contributed by atoms with van der Waals surface area (Å²) in [5.41, 5.74) is 4.09. The highest BCUT2D eigenvalue weighted by molar-refractivity contribution is 5.87. The number of hydrogen-bond acceptors (Lipinski definition) is 9. The SMILES string of the molecule is COc1cc(OC)cc(-c2nn(-c3cc(N4CC[C@H](O)C4)ccc3C(F)(F)F)c(=O)c3c2CCN3CC(=O)NCC(N)=O)c1. The zero-order valence-corrected chi connectivity index (χ0v) is 24.0. The number of carbonyl (C=O) groups is 2. The number of aromatic nitrogens is 2. The van der Waals surface area contributed by atoms with Crippen LogP contribution in [0.1, 0.15) is 17.5 Å². The lowest BCUT2D eigenvalue weighted by Gasteiger charge is -2.23. The number of hydrogen-bond donors (Lipinski definition) is 3. The van der Waals surface area contributed by atoms with E-state index in [1.165, 1.54) is 31.3 Å². The van der Waals surface area contributed by atoms with E-state index in [-0.39, 0.29) is 37.4 Å². The third-order valence-corrected chi connectivity index (χ3v) is 7.58. The molecule has 1 aromatic heterocycles. The zero-order valence-electron chi connectivity index (χ0n) is 24.0. The maximum absolute atomic E-state index is 14.4. The van der Waals surface area contributed by atoms with Crippen molar-refractivity contribution in [2.24, 2.45) is 5.73 Å². The number of fused-ring (bicyclic) bond motifs is 1. The number of β-amino-alcohol motifs (C(OH)–C–C–N with tert-alkyl or cyclic N) is 1. The van der Waals surface area contributed by atoms with Crippen LogP contribution in [0.15, 0.2) is 41.2 Å². The summed E-state index contributed by atoms with van der Waals surface area (Å²) in [6.07, 6.45) is -4.77. The van der Waals surface area contributed by atoms with Gasteiger partial charge in [-0.2, -0.15) is 23.0 Å². The molecule has 44 heavy (non-hydrogen) atoms. The fourth-order valence-electron chi connectivity index (χ4n) is 5.49. The molecular weight excluding hydrogens is 585 g/mol. The second-order valence-corrected chi connectivity index (χ2v) is 10.5. The topological polar surface area (TPSA) is 152 Å². The lowest BCUT2D eigenvalue weighted by atomic mass is 10.0. The first-order valence-electron chi connectivity index (χ1n) is 13.7. The Morgan fingerprint density at radius 3 is 2.41 bits per heavy atom. The molecule has 2 aliphatic rings. The highest BCUT2D eigenvalue weighted by atomic mass is 19.4. The van der Waals surface area contributed by atoms with E-state index < -0.39 is 47.4 Å². The number of primary amides is 1. The molecule has 3 aromatic rings. The molecule has 0 aliphatic carbocycles. The molecule has 4 N–H and O–H groups in total. The van der Waals surface area contributed by atoms with Gasteiger partial charge >= 0.3 is 6.18 Å². The maximum atomic E-state index is 14.4. The van der Waals surface area contributed by atoms with Crippen molar-refractivity contribution in [3.05, 3.63) is 57.9 Å². The number of aliphatic hydroxyl groups excluding tert-OH is 1. The second-order valence-electron chi connectivity index (χ2n) is 10.5. The van der Waals surface area contributed by atoms with E-state index in [0.29, 0.717) is 46.0 Å². The molecule has 2 aromatic carbocycles. The van der Waals surface area contributed by atoms with Crippen LogP contribution in [0.5, 0.6) is 11.5 Å². The van der Waals surface area contributed by atoms with Gasteiger partial charge in [0.2, 0.25) is 11.8 Å². The number of aliphatic hydroxyl groups is 1. The van der Waals surface area contributed by atoms with E-state index in [1.54, 1.807) is 23.1 Å². The molecule has 15 heteroatoms. The Bertz CT molecular complexity index is 1640. The number of benzene rings is 2. The first kappa shape index (κ1) is 30.7. The summed E-state index contributed by atoms with van der Waals surface area (Å²) < 4.78 is 54.7. The van der Waals surface area contributed by atoms with Gasteiger partial charge in [0.15, 0.2) is 0 Å². The second kappa shape index (κ2) is 12.1. The molecule has 1 atom stereocenters. The Morgan fingerprint density at radius 1 is 1.11 bits per heavy atom. The predicted octanol–water partition coefficient (Wildman–Crippen LogP) is 1.47. The first-order valence-corrected chi connectivity index (χ1v) is 13.7. The highest BCUT2D eigenvalue weighted by Crippen LogP contribution is 2.39. The predicted molar refractivity (Wildman–Crippen MR) is 154 cm³/mol. The molecule has 0 spiro atoms. The average Bonchev–Trinajstić information content (AvgIpc) is 3.62. The minimum atomic E-state index is -4.84.